The average Bonchev–Trinajstić information content (AvgIpc) is 3.51. The van der Waals surface area contributed by atoms with Gasteiger partial charge in [0.1, 0.15) is 11.1 Å². The van der Waals surface area contributed by atoms with Crippen molar-refractivity contribution in [2.75, 3.05) is 18.5 Å². The Labute approximate surface area is 198 Å². The molecule has 1 N–H and O–H groups in total. The first-order valence-corrected chi connectivity index (χ1v) is 10.9. The third-order valence-corrected chi connectivity index (χ3v) is 5.94. The topological polar surface area (TPSA) is 108 Å². The zero-order valence-electron chi connectivity index (χ0n) is 18.4. The molecule has 0 aliphatic carbocycles. The summed E-state index contributed by atoms with van der Waals surface area (Å²) in [6, 6.07) is 18.3. The Balaban J connectivity index is 1.38. The molecule has 2 aliphatic rings. The number of carbonyl (C=O) groups is 1. The molecule has 4 aromatic rings. The molecule has 9 nitrogen and oxygen atoms in total. The molecule has 176 valence electrons. The number of carboxylic acid groups (broad SMARTS) is 1. The van der Waals surface area contributed by atoms with Crippen molar-refractivity contribution in [3.05, 3.63) is 87.8 Å². The van der Waals surface area contributed by atoms with Gasteiger partial charge in [-0.25, -0.2) is 9.59 Å². The van der Waals surface area contributed by atoms with Gasteiger partial charge in [0.05, 0.1) is 0 Å². The van der Waals surface area contributed by atoms with Crippen LogP contribution in [-0.4, -0.2) is 24.7 Å². The number of aromatic carboxylic acids is 1. The highest BCUT2D eigenvalue weighted by Gasteiger charge is 2.19. The van der Waals surface area contributed by atoms with Crippen LogP contribution in [0.15, 0.2) is 69.9 Å². The zero-order chi connectivity index (χ0) is 23.9. The molecular formula is C26H19NO8. The van der Waals surface area contributed by atoms with Gasteiger partial charge in [0.2, 0.25) is 13.6 Å². The van der Waals surface area contributed by atoms with Crippen LogP contribution in [0.25, 0.3) is 11.0 Å². The van der Waals surface area contributed by atoms with Crippen molar-refractivity contribution in [2.24, 2.45) is 0 Å². The molecule has 3 aromatic carbocycles. The molecule has 9 heteroatoms. The molecule has 0 saturated carbocycles. The molecule has 0 spiro atoms. The molecular weight excluding hydrogens is 454 g/mol. The van der Waals surface area contributed by atoms with E-state index >= 15 is 0 Å². The molecule has 6 rings (SSSR count). The van der Waals surface area contributed by atoms with Crippen LogP contribution < -0.4 is 29.5 Å². The number of carboxylic acids is 1. The molecule has 0 unspecified atom stereocenters. The second kappa shape index (κ2) is 8.28. The van der Waals surface area contributed by atoms with E-state index in [9.17, 15) is 14.7 Å². The van der Waals surface area contributed by atoms with Crippen LogP contribution in [0.4, 0.5) is 5.69 Å². The Kier molecular flexibility index (Phi) is 4.95. The number of hydrogen-bond acceptors (Lipinski definition) is 8. The Hall–Kier alpha value is -4.66. The molecule has 0 amide bonds. The maximum Gasteiger partial charge on any atom is 0.351 e. The maximum absolute atomic E-state index is 12.1. The normalized spacial score (nSPS) is 13.3. The lowest BCUT2D eigenvalue weighted by molar-refractivity contribution is 0.0692. The second-order valence-corrected chi connectivity index (χ2v) is 8.21. The van der Waals surface area contributed by atoms with Gasteiger partial charge in [-0.15, -0.1) is 0 Å². The summed E-state index contributed by atoms with van der Waals surface area (Å²) < 4.78 is 27.2. The highest BCUT2D eigenvalue weighted by atomic mass is 16.7. The van der Waals surface area contributed by atoms with Crippen molar-refractivity contribution < 1.29 is 33.3 Å². The lowest BCUT2D eigenvalue weighted by Crippen LogP contribution is -2.22. The van der Waals surface area contributed by atoms with Gasteiger partial charge in [-0.1, -0.05) is 12.1 Å². The van der Waals surface area contributed by atoms with Crippen LogP contribution in [0.2, 0.25) is 0 Å². The van der Waals surface area contributed by atoms with Crippen LogP contribution in [0.3, 0.4) is 0 Å². The van der Waals surface area contributed by atoms with Crippen LogP contribution in [0.1, 0.15) is 21.5 Å². The molecule has 0 radical (unpaired) electrons. The van der Waals surface area contributed by atoms with Crippen molar-refractivity contribution in [1.82, 2.24) is 0 Å². The molecule has 35 heavy (non-hydrogen) atoms. The summed E-state index contributed by atoms with van der Waals surface area (Å²) in [4.78, 5) is 25.6. The number of benzene rings is 3. The summed E-state index contributed by atoms with van der Waals surface area (Å²) in [5.41, 5.74) is 1.80. The minimum Gasteiger partial charge on any atom is -0.477 e. The zero-order valence-corrected chi connectivity index (χ0v) is 18.4. The third-order valence-electron chi connectivity index (χ3n) is 5.94. The van der Waals surface area contributed by atoms with E-state index in [1.165, 1.54) is 6.07 Å². The van der Waals surface area contributed by atoms with Crippen molar-refractivity contribution in [3.8, 4) is 23.0 Å². The van der Waals surface area contributed by atoms with Crippen molar-refractivity contribution in [1.29, 1.82) is 0 Å². The molecule has 3 heterocycles. The largest absolute Gasteiger partial charge is 0.477 e. The summed E-state index contributed by atoms with van der Waals surface area (Å²) in [5, 5.41) is 9.75. The van der Waals surface area contributed by atoms with Crippen LogP contribution in [0, 0.1) is 0 Å². The summed E-state index contributed by atoms with van der Waals surface area (Å²) >= 11 is 0. The lowest BCUT2D eigenvalue weighted by Gasteiger charge is -2.25. The van der Waals surface area contributed by atoms with Crippen LogP contribution >= 0.6 is 0 Å². The summed E-state index contributed by atoms with van der Waals surface area (Å²) in [5.74, 6) is 1.47. The molecule has 0 fully saturated rings. The van der Waals surface area contributed by atoms with E-state index in [1.54, 1.807) is 12.1 Å². The Morgan fingerprint density at radius 3 is 1.97 bits per heavy atom. The summed E-state index contributed by atoms with van der Waals surface area (Å²) in [6.07, 6.45) is 0. The Morgan fingerprint density at radius 2 is 1.37 bits per heavy atom. The van der Waals surface area contributed by atoms with E-state index in [0.717, 1.165) is 16.8 Å². The van der Waals surface area contributed by atoms with Gasteiger partial charge in [-0.2, -0.15) is 0 Å². The molecule has 0 atom stereocenters. The summed E-state index contributed by atoms with van der Waals surface area (Å²) in [7, 11) is 0. The first-order chi connectivity index (χ1) is 17.0. The lowest BCUT2D eigenvalue weighted by atomic mass is 10.1. The predicted octanol–water partition coefficient (Wildman–Crippen LogP) is 4.16. The quantitative estimate of drug-likeness (QED) is 0.413. The molecule has 2 aliphatic heterocycles. The Morgan fingerprint density at radius 1 is 0.771 bits per heavy atom. The van der Waals surface area contributed by atoms with E-state index in [1.807, 2.05) is 42.5 Å². The van der Waals surface area contributed by atoms with Crippen LogP contribution in [-0.2, 0) is 13.1 Å². The number of nitrogens with zero attached hydrogens (tertiary/aromatic N) is 1. The molecule has 0 saturated heterocycles. The maximum atomic E-state index is 12.1. The van der Waals surface area contributed by atoms with E-state index in [4.69, 9.17) is 23.4 Å². The predicted molar refractivity (Wildman–Crippen MR) is 124 cm³/mol. The van der Waals surface area contributed by atoms with Crippen molar-refractivity contribution >= 4 is 22.6 Å². The monoisotopic (exact) mass is 473 g/mol. The minimum atomic E-state index is -1.32. The number of anilines is 1. The van der Waals surface area contributed by atoms with E-state index in [-0.39, 0.29) is 13.6 Å². The standard InChI is InChI=1S/C26H19NO8/c28-25(29)19-9-17-3-4-18(10-22(17)35-26(19)30)27(11-15-1-5-20-23(7-15)33-13-31-20)12-16-2-6-21-24(8-16)34-14-32-21/h1-10H,11-14H2,(H,28,29). The van der Waals surface area contributed by atoms with Crippen molar-refractivity contribution in [3.63, 3.8) is 0 Å². The highest BCUT2D eigenvalue weighted by Crippen LogP contribution is 2.35. The van der Waals surface area contributed by atoms with Gasteiger partial charge >= 0.3 is 11.6 Å². The average molecular weight is 473 g/mol. The van der Waals surface area contributed by atoms with Gasteiger partial charge in [0.15, 0.2) is 23.0 Å². The van der Waals surface area contributed by atoms with Crippen LogP contribution in [0.5, 0.6) is 23.0 Å². The fourth-order valence-corrected chi connectivity index (χ4v) is 4.20. The molecule has 0 bridgehead atoms. The smallest absolute Gasteiger partial charge is 0.351 e. The first kappa shape index (κ1) is 20.9. The third kappa shape index (κ3) is 3.97. The first-order valence-electron chi connectivity index (χ1n) is 10.9. The number of hydrogen-bond donors (Lipinski definition) is 1. The van der Waals surface area contributed by atoms with E-state index in [2.05, 4.69) is 4.90 Å². The van der Waals surface area contributed by atoms with Gasteiger partial charge in [-0.3, -0.25) is 0 Å². The van der Waals surface area contributed by atoms with E-state index < -0.39 is 17.2 Å². The highest BCUT2D eigenvalue weighted by molar-refractivity contribution is 5.92. The summed E-state index contributed by atoms with van der Waals surface area (Å²) in [6.45, 7) is 1.44. The number of ether oxygens (including phenoxy) is 4. The van der Waals surface area contributed by atoms with E-state index in [0.29, 0.717) is 47.1 Å². The SMILES string of the molecule is O=C(O)c1cc2ccc(N(Cc3ccc4c(c3)OCO4)Cc3ccc4c(c3)OCO4)cc2oc1=O. The fraction of sp³-hybridized carbons (Fsp3) is 0.154. The van der Waals surface area contributed by atoms with Gasteiger partial charge in [0.25, 0.3) is 0 Å². The Bertz CT molecular complexity index is 1470. The van der Waals surface area contributed by atoms with Gasteiger partial charge < -0.3 is 33.4 Å². The number of fused-ring (bicyclic) bond motifs is 3. The van der Waals surface area contributed by atoms with Crippen molar-refractivity contribution in [2.45, 2.75) is 13.1 Å². The molecule has 1 aromatic heterocycles. The second-order valence-electron chi connectivity index (χ2n) is 8.21. The minimum absolute atomic E-state index is 0.196. The fourth-order valence-electron chi connectivity index (χ4n) is 4.20. The number of rotatable bonds is 6. The van der Waals surface area contributed by atoms with Gasteiger partial charge in [-0.05, 0) is 53.6 Å². The van der Waals surface area contributed by atoms with Gasteiger partial charge in [0, 0.05) is 30.2 Å².